The van der Waals surface area contributed by atoms with Gasteiger partial charge in [0.1, 0.15) is 0 Å². The summed E-state index contributed by atoms with van der Waals surface area (Å²) in [5.41, 5.74) is 13.4. The Morgan fingerprint density at radius 2 is 1.33 bits per heavy atom. The predicted octanol–water partition coefficient (Wildman–Crippen LogP) is 11.8. The lowest BCUT2D eigenvalue weighted by Crippen LogP contribution is -2.32. The molecule has 0 spiro atoms. The van der Waals surface area contributed by atoms with Gasteiger partial charge in [0, 0.05) is 46.0 Å². The molecule has 2 aliphatic heterocycles. The van der Waals surface area contributed by atoms with Gasteiger partial charge in [-0.2, -0.15) is 0 Å². The Kier molecular flexibility index (Phi) is 6.73. The Bertz CT molecular complexity index is 2120. The van der Waals surface area contributed by atoms with Crippen molar-refractivity contribution in [3.8, 4) is 0 Å². The third-order valence-electron chi connectivity index (χ3n) is 9.64. The van der Waals surface area contributed by atoms with Crippen molar-refractivity contribution in [1.29, 1.82) is 0 Å². The normalized spacial score (nSPS) is 14.9. The molecule has 46 heavy (non-hydrogen) atoms. The van der Waals surface area contributed by atoms with Crippen molar-refractivity contribution in [2.24, 2.45) is 0 Å². The average Bonchev–Trinajstić information content (AvgIpc) is 3.48. The molecule has 0 bridgehead atoms. The SMILES string of the molecule is C=C/C(=C\C1=C2Cc3cc(N(c4ccccc4)c4ccccc4)ccc3N2c2ccccc2C1(C)C)c1cccc2ccccc12. The van der Waals surface area contributed by atoms with Crippen LogP contribution in [0.5, 0.6) is 0 Å². The molecule has 8 rings (SSSR count). The zero-order valence-corrected chi connectivity index (χ0v) is 26.3. The predicted molar refractivity (Wildman–Crippen MR) is 196 cm³/mol. The van der Waals surface area contributed by atoms with E-state index >= 15 is 0 Å². The number of para-hydroxylation sites is 3. The summed E-state index contributed by atoms with van der Waals surface area (Å²) in [4.78, 5) is 4.85. The third-order valence-corrected chi connectivity index (χ3v) is 9.64. The van der Waals surface area contributed by atoms with Gasteiger partial charge in [0.15, 0.2) is 0 Å². The van der Waals surface area contributed by atoms with E-state index in [2.05, 4.69) is 182 Å². The molecule has 0 unspecified atom stereocenters. The van der Waals surface area contributed by atoms with Crippen LogP contribution in [-0.2, 0) is 11.8 Å². The van der Waals surface area contributed by atoms with Crippen LogP contribution >= 0.6 is 0 Å². The number of nitrogens with zero attached hydrogens (tertiary/aromatic N) is 2. The zero-order chi connectivity index (χ0) is 31.3. The van der Waals surface area contributed by atoms with E-state index in [9.17, 15) is 0 Å². The molecule has 2 heterocycles. The number of allylic oxidation sites excluding steroid dienone is 5. The molecule has 0 aliphatic carbocycles. The third kappa shape index (κ3) is 4.49. The molecule has 0 saturated heterocycles. The second-order valence-electron chi connectivity index (χ2n) is 12.7. The first kappa shape index (κ1) is 27.9. The van der Waals surface area contributed by atoms with Gasteiger partial charge in [-0.3, -0.25) is 0 Å². The molecule has 0 atom stereocenters. The van der Waals surface area contributed by atoms with Gasteiger partial charge in [0.2, 0.25) is 0 Å². The first-order valence-electron chi connectivity index (χ1n) is 16.0. The number of hydrogen-bond acceptors (Lipinski definition) is 2. The van der Waals surface area contributed by atoms with Gasteiger partial charge < -0.3 is 9.80 Å². The molecular weight excluding hydrogens is 556 g/mol. The highest BCUT2D eigenvalue weighted by atomic mass is 15.2. The van der Waals surface area contributed by atoms with Gasteiger partial charge in [-0.15, -0.1) is 0 Å². The summed E-state index contributed by atoms with van der Waals surface area (Å²) in [6.07, 6.45) is 5.28. The van der Waals surface area contributed by atoms with Gasteiger partial charge in [-0.05, 0) is 93.2 Å². The lowest BCUT2D eigenvalue weighted by molar-refractivity contribution is 0.617. The van der Waals surface area contributed by atoms with Crippen LogP contribution in [0.2, 0.25) is 0 Å². The highest BCUT2D eigenvalue weighted by Gasteiger charge is 2.41. The summed E-state index contributed by atoms with van der Waals surface area (Å²) in [6.45, 7) is 9.04. The fraction of sp³-hybridized carbons (Fsp3) is 0.0909. The molecule has 0 saturated carbocycles. The van der Waals surface area contributed by atoms with Crippen molar-refractivity contribution >= 4 is 44.8 Å². The van der Waals surface area contributed by atoms with E-state index < -0.39 is 0 Å². The maximum absolute atomic E-state index is 4.31. The molecule has 2 aliphatic rings. The highest BCUT2D eigenvalue weighted by Crippen LogP contribution is 2.54. The van der Waals surface area contributed by atoms with Crippen LogP contribution in [0, 0.1) is 0 Å². The molecule has 2 nitrogen and oxygen atoms in total. The standard InChI is InChI=1S/C44H36N2/c1-4-31(37-23-15-17-32-16-11-12-22-38(32)37)29-40-43-30-33-28-36(45(34-18-7-5-8-19-34)35-20-9-6-10-21-35)26-27-41(33)46(43)42-25-14-13-24-39(42)44(40,2)3/h4-29H,1,30H2,2-3H3/b31-29+. The van der Waals surface area contributed by atoms with Gasteiger partial charge in [0.25, 0.3) is 0 Å². The molecule has 0 N–H and O–H groups in total. The Balaban J connectivity index is 1.32. The highest BCUT2D eigenvalue weighted by molar-refractivity contribution is 5.97. The molecule has 6 aromatic rings. The maximum Gasteiger partial charge on any atom is 0.0499 e. The summed E-state index contributed by atoms with van der Waals surface area (Å²) in [5.74, 6) is 0. The van der Waals surface area contributed by atoms with Crippen LogP contribution < -0.4 is 9.80 Å². The Labute approximate surface area is 271 Å². The van der Waals surface area contributed by atoms with Crippen LogP contribution in [0.1, 0.15) is 30.5 Å². The first-order chi connectivity index (χ1) is 22.5. The van der Waals surface area contributed by atoms with Crippen LogP contribution in [0.4, 0.5) is 28.4 Å². The average molecular weight is 593 g/mol. The van der Waals surface area contributed by atoms with Gasteiger partial charge in [0.05, 0.1) is 0 Å². The van der Waals surface area contributed by atoms with E-state index in [1.807, 2.05) is 6.08 Å². The fourth-order valence-electron chi connectivity index (χ4n) is 7.41. The molecule has 222 valence electrons. The summed E-state index contributed by atoms with van der Waals surface area (Å²) in [5, 5.41) is 2.48. The van der Waals surface area contributed by atoms with E-state index in [4.69, 9.17) is 0 Å². The molecule has 6 aromatic carbocycles. The summed E-state index contributed by atoms with van der Waals surface area (Å²) in [7, 11) is 0. The Morgan fingerprint density at radius 3 is 2.07 bits per heavy atom. The molecular formula is C44H36N2. The van der Waals surface area contributed by atoms with Gasteiger partial charge >= 0.3 is 0 Å². The maximum atomic E-state index is 4.31. The van der Waals surface area contributed by atoms with E-state index in [0.29, 0.717) is 0 Å². The fourth-order valence-corrected chi connectivity index (χ4v) is 7.41. The van der Waals surface area contributed by atoms with E-state index in [1.54, 1.807) is 0 Å². The van der Waals surface area contributed by atoms with Crippen molar-refractivity contribution in [2.45, 2.75) is 25.7 Å². The number of anilines is 5. The summed E-state index contributed by atoms with van der Waals surface area (Å²) >= 11 is 0. The molecule has 2 heteroatoms. The molecule has 0 amide bonds. The van der Waals surface area contributed by atoms with Crippen LogP contribution in [0.3, 0.4) is 0 Å². The van der Waals surface area contributed by atoms with Gasteiger partial charge in [-0.25, -0.2) is 0 Å². The van der Waals surface area contributed by atoms with Crippen molar-refractivity contribution in [3.05, 3.63) is 192 Å². The van der Waals surface area contributed by atoms with Crippen LogP contribution in [-0.4, -0.2) is 0 Å². The van der Waals surface area contributed by atoms with Crippen LogP contribution in [0.25, 0.3) is 16.3 Å². The number of rotatable bonds is 6. The lowest BCUT2D eigenvalue weighted by Gasteiger charge is -2.41. The summed E-state index contributed by atoms with van der Waals surface area (Å²) < 4.78 is 0. The Hall–Kier alpha value is -5.60. The first-order valence-corrected chi connectivity index (χ1v) is 16.0. The van der Waals surface area contributed by atoms with Crippen molar-refractivity contribution in [2.75, 3.05) is 9.80 Å². The minimum Gasteiger partial charge on any atom is -0.313 e. The lowest BCUT2D eigenvalue weighted by atomic mass is 9.72. The van der Waals surface area contributed by atoms with E-state index in [1.165, 1.54) is 50.1 Å². The van der Waals surface area contributed by atoms with E-state index in [0.717, 1.165) is 29.1 Å². The molecule has 0 fully saturated rings. The number of hydrogen-bond donors (Lipinski definition) is 0. The smallest absolute Gasteiger partial charge is 0.0499 e. The monoisotopic (exact) mass is 592 g/mol. The minimum atomic E-state index is -0.202. The van der Waals surface area contributed by atoms with Crippen molar-refractivity contribution in [3.63, 3.8) is 0 Å². The minimum absolute atomic E-state index is 0.202. The topological polar surface area (TPSA) is 6.48 Å². The number of benzene rings is 6. The second kappa shape index (κ2) is 11.1. The molecule has 0 radical (unpaired) electrons. The second-order valence-corrected chi connectivity index (χ2v) is 12.7. The Morgan fingerprint density at radius 1 is 0.674 bits per heavy atom. The van der Waals surface area contributed by atoms with Crippen LogP contribution in [0.15, 0.2) is 176 Å². The van der Waals surface area contributed by atoms with Crippen molar-refractivity contribution in [1.82, 2.24) is 0 Å². The zero-order valence-electron chi connectivity index (χ0n) is 26.3. The quantitative estimate of drug-likeness (QED) is 0.178. The van der Waals surface area contributed by atoms with Crippen molar-refractivity contribution < 1.29 is 0 Å². The largest absolute Gasteiger partial charge is 0.313 e. The number of fused-ring (bicyclic) bond motifs is 6. The summed E-state index contributed by atoms with van der Waals surface area (Å²) in [6, 6.07) is 52.3. The molecule has 0 aromatic heterocycles. The van der Waals surface area contributed by atoms with E-state index in [-0.39, 0.29) is 5.41 Å². The van der Waals surface area contributed by atoms with Gasteiger partial charge in [-0.1, -0.05) is 124 Å².